The lowest BCUT2D eigenvalue weighted by atomic mass is 10.3. The van der Waals surface area contributed by atoms with Crippen LogP contribution in [0.3, 0.4) is 0 Å². The lowest BCUT2D eigenvalue weighted by Gasteiger charge is -2.18. The molecule has 1 aromatic rings. The molecule has 2 N–H and O–H groups in total. The minimum absolute atomic E-state index is 0.446. The van der Waals surface area contributed by atoms with Crippen LogP contribution < -0.4 is 10.6 Å². The first kappa shape index (κ1) is 10.5. The molecule has 0 fully saturated rings. The van der Waals surface area contributed by atoms with Gasteiger partial charge in [-0.25, -0.2) is 4.98 Å². The number of nitrogens with two attached hydrogens (primary N) is 1. The largest absolute Gasteiger partial charge is 0.374 e. The third-order valence-electron chi connectivity index (χ3n) is 2.00. The van der Waals surface area contributed by atoms with E-state index in [9.17, 15) is 0 Å². The van der Waals surface area contributed by atoms with Crippen LogP contribution in [-0.2, 0) is 0 Å². The van der Waals surface area contributed by atoms with Crippen LogP contribution in [0.2, 0.25) is 0 Å². The summed E-state index contributed by atoms with van der Waals surface area (Å²) in [6.45, 7) is 1.58. The first-order valence-corrected chi connectivity index (χ1v) is 4.55. The van der Waals surface area contributed by atoms with Gasteiger partial charge in [0.05, 0.1) is 0 Å². The highest BCUT2D eigenvalue weighted by Crippen LogP contribution is 2.12. The first-order chi connectivity index (χ1) is 6.77. The van der Waals surface area contributed by atoms with Gasteiger partial charge in [0.1, 0.15) is 11.8 Å². The molecule has 74 valence electrons. The molecule has 4 nitrogen and oxygen atoms in total. The Morgan fingerprint density at radius 2 is 2.43 bits per heavy atom. The Bertz CT molecular complexity index is 329. The molecule has 1 rings (SSSR count). The van der Waals surface area contributed by atoms with Crippen molar-refractivity contribution in [3.63, 3.8) is 0 Å². The fourth-order valence-corrected chi connectivity index (χ4v) is 1.18. The second kappa shape index (κ2) is 5.20. The maximum absolute atomic E-state index is 8.67. The van der Waals surface area contributed by atoms with Crippen LogP contribution in [0.25, 0.3) is 0 Å². The smallest absolute Gasteiger partial charge is 0.142 e. The van der Waals surface area contributed by atoms with Gasteiger partial charge in [0, 0.05) is 25.5 Å². The zero-order valence-electron chi connectivity index (χ0n) is 8.27. The van der Waals surface area contributed by atoms with Crippen molar-refractivity contribution in [2.24, 2.45) is 5.73 Å². The molecule has 0 aliphatic rings. The van der Waals surface area contributed by atoms with Crippen molar-refractivity contribution < 1.29 is 0 Å². The molecule has 0 aliphatic carbocycles. The Balaban J connectivity index is 2.70. The molecule has 0 bridgehead atoms. The maximum atomic E-state index is 8.67. The molecule has 0 saturated carbocycles. The molecular formula is C10H14N4. The number of nitrogens with zero attached hydrogens (tertiary/aromatic N) is 3. The van der Waals surface area contributed by atoms with Gasteiger partial charge in [-0.2, -0.15) is 5.26 Å². The van der Waals surface area contributed by atoms with Crippen molar-refractivity contribution in [3.8, 4) is 6.07 Å². The van der Waals surface area contributed by atoms with Crippen molar-refractivity contribution in [2.75, 3.05) is 25.0 Å². The summed E-state index contributed by atoms with van der Waals surface area (Å²) in [6.07, 6.45) is 2.59. The lowest BCUT2D eigenvalue weighted by Crippen LogP contribution is -2.21. The fraction of sp³-hybridized carbons (Fsp3) is 0.400. The average Bonchev–Trinajstić information content (AvgIpc) is 2.26. The highest BCUT2D eigenvalue weighted by Gasteiger charge is 2.01. The monoisotopic (exact) mass is 190 g/mol. The van der Waals surface area contributed by atoms with E-state index >= 15 is 0 Å². The van der Waals surface area contributed by atoms with Gasteiger partial charge in [0.15, 0.2) is 0 Å². The lowest BCUT2D eigenvalue weighted by molar-refractivity contribution is 0.795. The second-order valence-electron chi connectivity index (χ2n) is 3.07. The van der Waals surface area contributed by atoms with E-state index in [-0.39, 0.29) is 0 Å². The average molecular weight is 190 g/mol. The van der Waals surface area contributed by atoms with Crippen LogP contribution in [0.4, 0.5) is 5.69 Å². The highest BCUT2D eigenvalue weighted by molar-refractivity contribution is 5.47. The second-order valence-corrected chi connectivity index (χ2v) is 3.07. The fourth-order valence-electron chi connectivity index (χ4n) is 1.18. The third-order valence-corrected chi connectivity index (χ3v) is 2.00. The van der Waals surface area contributed by atoms with Gasteiger partial charge in [-0.3, -0.25) is 0 Å². The number of nitriles is 1. The Labute approximate surface area is 84.0 Å². The van der Waals surface area contributed by atoms with Crippen LogP contribution in [0.1, 0.15) is 12.1 Å². The van der Waals surface area contributed by atoms with Gasteiger partial charge in [-0.15, -0.1) is 0 Å². The minimum atomic E-state index is 0.446. The number of pyridine rings is 1. The van der Waals surface area contributed by atoms with E-state index in [1.807, 2.05) is 19.2 Å². The van der Waals surface area contributed by atoms with Gasteiger partial charge in [-0.05, 0) is 25.1 Å². The molecule has 4 heteroatoms. The molecule has 0 amide bonds. The van der Waals surface area contributed by atoms with Crippen LogP contribution in [0, 0.1) is 11.3 Å². The maximum Gasteiger partial charge on any atom is 0.142 e. The summed E-state index contributed by atoms with van der Waals surface area (Å²) < 4.78 is 0. The van der Waals surface area contributed by atoms with E-state index in [2.05, 4.69) is 9.88 Å². The van der Waals surface area contributed by atoms with E-state index in [4.69, 9.17) is 11.0 Å². The number of aromatic nitrogens is 1. The van der Waals surface area contributed by atoms with E-state index in [0.717, 1.165) is 18.7 Å². The predicted molar refractivity (Wildman–Crippen MR) is 55.9 cm³/mol. The van der Waals surface area contributed by atoms with E-state index < -0.39 is 0 Å². The predicted octanol–water partition coefficient (Wildman–Crippen LogP) is 0.738. The van der Waals surface area contributed by atoms with Crippen molar-refractivity contribution in [1.82, 2.24) is 4.98 Å². The number of hydrogen-bond acceptors (Lipinski definition) is 4. The van der Waals surface area contributed by atoms with Gasteiger partial charge < -0.3 is 10.6 Å². The molecule has 0 aromatic carbocycles. The van der Waals surface area contributed by atoms with Crippen molar-refractivity contribution in [2.45, 2.75) is 6.42 Å². The SMILES string of the molecule is CN(CCCN)c1ccnc(C#N)c1. The Morgan fingerprint density at radius 1 is 1.64 bits per heavy atom. The number of rotatable bonds is 4. The van der Waals surface area contributed by atoms with E-state index in [1.165, 1.54) is 0 Å². The molecule has 0 unspecified atom stereocenters. The molecule has 0 saturated heterocycles. The zero-order valence-corrected chi connectivity index (χ0v) is 8.27. The highest BCUT2D eigenvalue weighted by atomic mass is 15.1. The third kappa shape index (κ3) is 2.71. The molecule has 0 radical (unpaired) electrons. The molecular weight excluding hydrogens is 176 g/mol. The zero-order chi connectivity index (χ0) is 10.4. The Kier molecular flexibility index (Phi) is 3.89. The minimum Gasteiger partial charge on any atom is -0.374 e. The molecule has 14 heavy (non-hydrogen) atoms. The van der Waals surface area contributed by atoms with Gasteiger partial charge in [-0.1, -0.05) is 0 Å². The normalized spacial score (nSPS) is 9.50. The van der Waals surface area contributed by atoms with Gasteiger partial charge in [0.25, 0.3) is 0 Å². The number of hydrogen-bond donors (Lipinski definition) is 1. The van der Waals surface area contributed by atoms with Crippen LogP contribution in [0.5, 0.6) is 0 Å². The summed E-state index contributed by atoms with van der Waals surface area (Å²) in [4.78, 5) is 5.97. The van der Waals surface area contributed by atoms with Gasteiger partial charge in [0.2, 0.25) is 0 Å². The summed E-state index contributed by atoms with van der Waals surface area (Å²) in [5, 5.41) is 8.67. The van der Waals surface area contributed by atoms with Crippen molar-refractivity contribution in [3.05, 3.63) is 24.0 Å². The van der Waals surface area contributed by atoms with Crippen molar-refractivity contribution >= 4 is 5.69 Å². The van der Waals surface area contributed by atoms with Crippen LogP contribution in [0.15, 0.2) is 18.3 Å². The van der Waals surface area contributed by atoms with E-state index in [0.29, 0.717) is 12.2 Å². The van der Waals surface area contributed by atoms with Crippen LogP contribution >= 0.6 is 0 Å². The van der Waals surface area contributed by atoms with Crippen molar-refractivity contribution in [1.29, 1.82) is 5.26 Å². The molecule has 0 spiro atoms. The summed E-state index contributed by atoms with van der Waals surface area (Å²) in [7, 11) is 1.98. The Hall–Kier alpha value is -1.60. The number of anilines is 1. The molecule has 0 atom stereocenters. The van der Waals surface area contributed by atoms with Crippen LogP contribution in [-0.4, -0.2) is 25.1 Å². The molecule has 1 heterocycles. The molecule has 0 aliphatic heterocycles. The first-order valence-electron chi connectivity index (χ1n) is 4.55. The summed E-state index contributed by atoms with van der Waals surface area (Å²) in [6, 6.07) is 5.68. The van der Waals surface area contributed by atoms with E-state index in [1.54, 1.807) is 12.3 Å². The Morgan fingerprint density at radius 3 is 3.07 bits per heavy atom. The topological polar surface area (TPSA) is 65.9 Å². The summed E-state index contributed by atoms with van der Waals surface area (Å²) >= 11 is 0. The quantitative estimate of drug-likeness (QED) is 0.760. The summed E-state index contributed by atoms with van der Waals surface area (Å²) in [5.41, 5.74) is 6.87. The standard InChI is InChI=1S/C10H14N4/c1-14(6-2-4-11)10-3-5-13-9(7-10)8-12/h3,5,7H,2,4,6,11H2,1H3. The molecule has 1 aromatic heterocycles. The van der Waals surface area contributed by atoms with Gasteiger partial charge >= 0.3 is 0 Å². The summed E-state index contributed by atoms with van der Waals surface area (Å²) in [5.74, 6) is 0.